The van der Waals surface area contributed by atoms with Crippen LogP contribution in [0, 0.1) is 11.8 Å². The van der Waals surface area contributed by atoms with E-state index in [-0.39, 0.29) is 0 Å². The van der Waals surface area contributed by atoms with Crippen molar-refractivity contribution in [1.82, 2.24) is 14.7 Å². The second-order valence-electron chi connectivity index (χ2n) is 8.21. The molecule has 0 bridgehead atoms. The molecule has 7 nitrogen and oxygen atoms in total. The van der Waals surface area contributed by atoms with Gasteiger partial charge in [-0.2, -0.15) is 0 Å². The zero-order chi connectivity index (χ0) is 19.1. The topological polar surface area (TPSA) is 62.3 Å². The first-order valence-electron chi connectivity index (χ1n) is 10.6. The second kappa shape index (κ2) is 10.4. The van der Waals surface area contributed by atoms with E-state index in [1.165, 1.54) is 25.9 Å². The van der Waals surface area contributed by atoms with E-state index in [9.17, 15) is 9.59 Å². The first-order chi connectivity index (χ1) is 13.1. The van der Waals surface area contributed by atoms with Gasteiger partial charge in [-0.05, 0) is 64.1 Å². The van der Waals surface area contributed by atoms with E-state index in [1.54, 1.807) is 4.90 Å². The third-order valence-corrected chi connectivity index (χ3v) is 6.39. The third-order valence-electron chi connectivity index (χ3n) is 6.39. The van der Waals surface area contributed by atoms with Crippen LogP contribution in [0.25, 0.3) is 0 Å². The van der Waals surface area contributed by atoms with Crippen LogP contribution in [0.15, 0.2) is 0 Å². The van der Waals surface area contributed by atoms with Crippen LogP contribution in [0.5, 0.6) is 0 Å². The average Bonchev–Trinajstić information content (AvgIpc) is 2.72. The van der Waals surface area contributed by atoms with Crippen LogP contribution in [0.2, 0.25) is 0 Å². The normalized spacial score (nSPS) is 24.1. The number of rotatable bonds is 5. The predicted octanol–water partition coefficient (Wildman–Crippen LogP) is 0.832. The third kappa shape index (κ3) is 6.16. The van der Waals surface area contributed by atoms with Crippen LogP contribution in [0.4, 0.5) is 0 Å². The molecule has 1 amide bonds. The van der Waals surface area contributed by atoms with Crippen LogP contribution in [0.1, 0.15) is 32.1 Å². The Morgan fingerprint density at radius 3 is 2.15 bits per heavy atom. The summed E-state index contributed by atoms with van der Waals surface area (Å²) >= 11 is 0. The SMILES string of the molecule is CN1CCC(C2CCN(C(=O)C(=O)OCCCN3CCOCC3)CC2)CC1. The fourth-order valence-electron chi connectivity index (χ4n) is 4.54. The van der Waals surface area contributed by atoms with Crippen molar-refractivity contribution in [1.29, 1.82) is 0 Å². The highest BCUT2D eigenvalue weighted by Gasteiger charge is 2.32. The first kappa shape index (κ1) is 20.6. The van der Waals surface area contributed by atoms with Gasteiger partial charge < -0.3 is 19.3 Å². The maximum absolute atomic E-state index is 12.3. The summed E-state index contributed by atoms with van der Waals surface area (Å²) < 4.78 is 10.5. The monoisotopic (exact) mass is 381 g/mol. The number of piperidine rings is 2. The van der Waals surface area contributed by atoms with Crippen LogP contribution in [0.3, 0.4) is 0 Å². The van der Waals surface area contributed by atoms with Gasteiger partial charge >= 0.3 is 11.9 Å². The number of amides is 1. The molecule has 0 unspecified atom stereocenters. The molecule has 3 aliphatic rings. The molecule has 3 saturated heterocycles. The molecular formula is C20H35N3O4. The second-order valence-corrected chi connectivity index (χ2v) is 8.21. The standard InChI is InChI=1S/C20H35N3O4/c1-21-8-3-17(4-9-21)18-5-10-23(11-6-18)19(24)20(25)27-14-2-7-22-12-15-26-16-13-22/h17-18H,2-16H2,1H3. The highest BCUT2D eigenvalue weighted by molar-refractivity contribution is 6.32. The molecule has 0 atom stereocenters. The van der Waals surface area contributed by atoms with Gasteiger partial charge in [-0.15, -0.1) is 0 Å². The summed E-state index contributed by atoms with van der Waals surface area (Å²) in [6.45, 7) is 8.34. The highest BCUT2D eigenvalue weighted by atomic mass is 16.5. The van der Waals surface area contributed by atoms with Gasteiger partial charge in [0.05, 0.1) is 19.8 Å². The van der Waals surface area contributed by atoms with Gasteiger partial charge in [0.2, 0.25) is 0 Å². The van der Waals surface area contributed by atoms with E-state index >= 15 is 0 Å². The lowest BCUT2D eigenvalue weighted by atomic mass is 9.79. The summed E-state index contributed by atoms with van der Waals surface area (Å²) in [6, 6.07) is 0. The van der Waals surface area contributed by atoms with E-state index in [4.69, 9.17) is 9.47 Å². The molecule has 0 N–H and O–H groups in total. The molecule has 27 heavy (non-hydrogen) atoms. The number of likely N-dealkylation sites (tertiary alicyclic amines) is 2. The molecular weight excluding hydrogens is 346 g/mol. The quantitative estimate of drug-likeness (QED) is 0.399. The van der Waals surface area contributed by atoms with Gasteiger partial charge in [0.15, 0.2) is 0 Å². The number of hydrogen-bond donors (Lipinski definition) is 0. The number of hydrogen-bond acceptors (Lipinski definition) is 6. The molecule has 0 aromatic carbocycles. The van der Waals surface area contributed by atoms with Crippen molar-refractivity contribution in [3.63, 3.8) is 0 Å². The molecule has 3 aliphatic heterocycles. The lowest BCUT2D eigenvalue weighted by molar-refractivity contribution is -0.161. The van der Waals surface area contributed by atoms with Gasteiger partial charge in [0.1, 0.15) is 0 Å². The Kier molecular flexibility index (Phi) is 7.91. The Hall–Kier alpha value is -1.18. The van der Waals surface area contributed by atoms with Gasteiger partial charge in [0.25, 0.3) is 0 Å². The first-order valence-corrected chi connectivity index (χ1v) is 10.6. The molecule has 3 heterocycles. The van der Waals surface area contributed by atoms with Crippen molar-refractivity contribution >= 4 is 11.9 Å². The summed E-state index contributed by atoms with van der Waals surface area (Å²) in [7, 11) is 2.18. The molecule has 0 aromatic heterocycles. The maximum Gasteiger partial charge on any atom is 0.397 e. The van der Waals surface area contributed by atoms with Gasteiger partial charge in [0, 0.05) is 32.7 Å². The lowest BCUT2D eigenvalue weighted by Gasteiger charge is -2.39. The Morgan fingerprint density at radius 2 is 1.52 bits per heavy atom. The highest BCUT2D eigenvalue weighted by Crippen LogP contribution is 2.32. The molecule has 0 saturated carbocycles. The molecule has 3 fully saturated rings. The van der Waals surface area contributed by atoms with Gasteiger partial charge in [-0.25, -0.2) is 4.79 Å². The van der Waals surface area contributed by atoms with Crippen LogP contribution >= 0.6 is 0 Å². The van der Waals surface area contributed by atoms with Crippen molar-refractivity contribution in [2.24, 2.45) is 11.8 Å². The minimum Gasteiger partial charge on any atom is -0.458 e. The minimum absolute atomic E-state index is 0.313. The molecule has 0 radical (unpaired) electrons. The summed E-state index contributed by atoms with van der Waals surface area (Å²) in [5.41, 5.74) is 0. The molecule has 154 valence electrons. The predicted molar refractivity (Wildman–Crippen MR) is 102 cm³/mol. The number of esters is 1. The number of morpholine rings is 1. The molecule has 0 aliphatic carbocycles. The summed E-state index contributed by atoms with van der Waals surface area (Å²) in [5.74, 6) is 0.343. The fraction of sp³-hybridized carbons (Fsp3) is 0.900. The summed E-state index contributed by atoms with van der Waals surface area (Å²) in [5, 5.41) is 0. The Bertz CT molecular complexity index is 480. The fourth-order valence-corrected chi connectivity index (χ4v) is 4.54. The smallest absolute Gasteiger partial charge is 0.397 e. The summed E-state index contributed by atoms with van der Waals surface area (Å²) in [6.07, 6.45) is 5.33. The lowest BCUT2D eigenvalue weighted by Crippen LogP contribution is -2.45. The maximum atomic E-state index is 12.3. The number of carbonyl (C=O) groups excluding carboxylic acids is 2. The van der Waals surface area contributed by atoms with E-state index in [1.807, 2.05) is 0 Å². The Labute approximate surface area is 162 Å². The number of carbonyl (C=O) groups is 2. The van der Waals surface area contributed by atoms with Crippen LogP contribution in [-0.4, -0.2) is 99.3 Å². The zero-order valence-corrected chi connectivity index (χ0v) is 16.7. The van der Waals surface area contributed by atoms with Crippen LogP contribution < -0.4 is 0 Å². The van der Waals surface area contributed by atoms with Crippen LogP contribution in [-0.2, 0) is 19.1 Å². The van der Waals surface area contributed by atoms with E-state index in [0.29, 0.717) is 25.6 Å². The van der Waals surface area contributed by atoms with Crippen molar-refractivity contribution in [3.8, 4) is 0 Å². The Balaban J connectivity index is 1.30. The molecule has 0 aromatic rings. The van der Waals surface area contributed by atoms with Gasteiger partial charge in [-0.3, -0.25) is 9.69 Å². The average molecular weight is 382 g/mol. The molecule has 3 rings (SSSR count). The van der Waals surface area contributed by atoms with Crippen molar-refractivity contribution < 1.29 is 19.1 Å². The zero-order valence-electron chi connectivity index (χ0n) is 16.7. The summed E-state index contributed by atoms with van der Waals surface area (Å²) in [4.78, 5) is 30.8. The van der Waals surface area contributed by atoms with Crippen molar-refractivity contribution in [2.45, 2.75) is 32.1 Å². The van der Waals surface area contributed by atoms with Gasteiger partial charge in [-0.1, -0.05) is 0 Å². The van der Waals surface area contributed by atoms with E-state index < -0.39 is 11.9 Å². The Morgan fingerprint density at radius 1 is 0.926 bits per heavy atom. The molecule has 0 spiro atoms. The minimum atomic E-state index is -0.685. The largest absolute Gasteiger partial charge is 0.458 e. The van der Waals surface area contributed by atoms with Crippen molar-refractivity contribution in [3.05, 3.63) is 0 Å². The van der Waals surface area contributed by atoms with Crippen molar-refractivity contribution in [2.75, 3.05) is 72.7 Å². The number of nitrogens with zero attached hydrogens (tertiary/aromatic N) is 3. The molecule has 7 heteroatoms. The van der Waals surface area contributed by atoms with E-state index in [0.717, 1.165) is 58.0 Å². The van der Waals surface area contributed by atoms with E-state index in [2.05, 4.69) is 16.8 Å². The number of ether oxygens (including phenoxy) is 2.